The molecular formula is C121H96N4. The predicted molar refractivity (Wildman–Crippen MR) is 521 cm³/mol. The Morgan fingerprint density at radius 3 is 1.15 bits per heavy atom. The van der Waals surface area contributed by atoms with Crippen LogP contribution < -0.4 is 9.80 Å². The normalized spacial score (nSPS) is 22.9. The van der Waals surface area contributed by atoms with Crippen molar-refractivity contribution >= 4 is 88.5 Å². The molecule has 4 unspecified atom stereocenters. The number of para-hydroxylation sites is 3. The van der Waals surface area contributed by atoms with Gasteiger partial charge in [0, 0.05) is 72.4 Å². The molecule has 26 rings (SSSR count). The van der Waals surface area contributed by atoms with E-state index in [0.717, 1.165) is 74.8 Å². The van der Waals surface area contributed by atoms with Crippen LogP contribution in [0.15, 0.2) is 406 Å². The molecule has 7 saturated carbocycles. The van der Waals surface area contributed by atoms with Crippen LogP contribution in [0.25, 0.3) is 133 Å². The van der Waals surface area contributed by atoms with Crippen LogP contribution in [0.2, 0.25) is 0 Å². The van der Waals surface area contributed by atoms with E-state index in [1.165, 1.54) is 196 Å². The van der Waals surface area contributed by atoms with E-state index in [2.05, 4.69) is 432 Å². The number of benzene rings is 17. The van der Waals surface area contributed by atoms with Crippen molar-refractivity contribution in [1.82, 2.24) is 9.13 Å². The van der Waals surface area contributed by atoms with Crippen molar-refractivity contribution in [1.29, 1.82) is 0 Å². The summed E-state index contributed by atoms with van der Waals surface area (Å²) < 4.78 is 4.96. The fraction of sp³-hybridized carbons (Fsp3) is 0.174. The number of rotatable bonds is 17. The third-order valence-corrected chi connectivity index (χ3v) is 32.2. The maximum absolute atomic E-state index is 2.61. The first-order valence-electron chi connectivity index (χ1n) is 45.9. The molecule has 0 N–H and O–H groups in total. The monoisotopic (exact) mass is 1600 g/mol. The highest BCUT2D eigenvalue weighted by Crippen LogP contribution is 2.84. The van der Waals surface area contributed by atoms with E-state index in [-0.39, 0.29) is 5.41 Å². The van der Waals surface area contributed by atoms with Gasteiger partial charge in [-0.2, -0.15) is 0 Å². The third-order valence-electron chi connectivity index (χ3n) is 32.2. The Kier molecular flexibility index (Phi) is 16.5. The van der Waals surface area contributed by atoms with Crippen LogP contribution in [0.1, 0.15) is 87.3 Å². The molecule has 7 aliphatic carbocycles. The first-order chi connectivity index (χ1) is 61.7. The van der Waals surface area contributed by atoms with Crippen LogP contribution in [0.4, 0.5) is 34.1 Å². The zero-order chi connectivity index (χ0) is 82.2. The number of hydrogen-bond acceptors (Lipinski definition) is 2. The fourth-order valence-electron chi connectivity index (χ4n) is 26.7. The Balaban J connectivity index is 0.471. The van der Waals surface area contributed by atoms with Gasteiger partial charge >= 0.3 is 0 Å². The lowest BCUT2D eigenvalue weighted by molar-refractivity contribution is -0.175. The molecule has 125 heavy (non-hydrogen) atoms. The summed E-state index contributed by atoms with van der Waals surface area (Å²) in [4.78, 5) is 4.84. The van der Waals surface area contributed by atoms with Gasteiger partial charge < -0.3 is 18.9 Å². The van der Waals surface area contributed by atoms with Crippen LogP contribution in [0.5, 0.6) is 0 Å². The molecule has 600 valence electrons. The van der Waals surface area contributed by atoms with Crippen molar-refractivity contribution in [3.05, 3.63) is 423 Å². The highest BCUT2D eigenvalue weighted by Gasteiger charge is 2.77. The van der Waals surface area contributed by atoms with Gasteiger partial charge in [-0.1, -0.05) is 298 Å². The van der Waals surface area contributed by atoms with E-state index in [4.69, 9.17) is 0 Å². The van der Waals surface area contributed by atoms with Gasteiger partial charge in [-0.15, -0.1) is 0 Å². The van der Waals surface area contributed by atoms with Gasteiger partial charge in [-0.25, -0.2) is 0 Å². The van der Waals surface area contributed by atoms with Crippen molar-refractivity contribution in [2.45, 2.75) is 81.5 Å². The smallest absolute Gasteiger partial charge is 0.0619 e. The molecule has 7 aliphatic rings. The highest BCUT2D eigenvalue weighted by molar-refractivity contribution is 6.19. The standard InChI is InChI=1S/C121H96N4/c1-78-72-119(94-50-36-81(37-51-94)83-40-54-99(55-41-83)122(103-26-14-22-87(65-103)79-18-4-2-5-19-79)101-58-44-85(45-59-101)89-24-16-28-105(67-89)124-114-33-11-8-30-108(114)109-31-9-12-34-115(109)124)73-93-69-112(113(93)76-119)117(78)92-49-62-107-91(64-92)48-63-111-110-32-10-13-35-116(110)125(118(107)111)106-29-17-25-90(68-106)86-46-60-102(61-47-86)123(104-27-15-23-88(66-104)80-20-6-3-7-21-80)100-56-42-84(43-57-100)82-38-52-95(53-39-82)120-74-97-70-96-71-98(75-120)121(96,97)77-120/h2-68,78,93,96-98,112-113,117H,69-77H2,1H3/t78-,93+,96?,97+,98+,112?,113?,117?,119?,120?,121?/m1/s1. The predicted octanol–water partition coefficient (Wildman–Crippen LogP) is 32.2. The molecule has 19 aromatic rings. The second-order valence-electron chi connectivity index (χ2n) is 38.4. The summed E-state index contributed by atoms with van der Waals surface area (Å²) in [6.07, 6.45) is 12.4. The summed E-state index contributed by atoms with van der Waals surface area (Å²) in [7, 11) is 0. The van der Waals surface area contributed by atoms with Gasteiger partial charge in [-0.3, -0.25) is 0 Å². The summed E-state index contributed by atoms with van der Waals surface area (Å²) in [5.74, 6) is 6.29. The van der Waals surface area contributed by atoms with E-state index >= 15 is 0 Å². The van der Waals surface area contributed by atoms with Crippen LogP contribution in [0, 0.1) is 46.8 Å². The minimum absolute atomic E-state index is 0.172. The van der Waals surface area contributed by atoms with Crippen molar-refractivity contribution in [3.63, 3.8) is 0 Å². The number of aromatic nitrogens is 2. The molecule has 0 radical (unpaired) electrons. The van der Waals surface area contributed by atoms with E-state index in [0.29, 0.717) is 23.2 Å². The summed E-state index contributed by atoms with van der Waals surface area (Å²) in [6.45, 7) is 2.60. The highest BCUT2D eigenvalue weighted by atomic mass is 15.1. The summed E-state index contributed by atoms with van der Waals surface area (Å²) in [5, 5.41) is 7.73. The Bertz CT molecular complexity index is 7380. The topological polar surface area (TPSA) is 16.3 Å². The molecule has 4 bridgehead atoms. The van der Waals surface area contributed by atoms with E-state index < -0.39 is 0 Å². The Hall–Kier alpha value is -13.8. The summed E-state index contributed by atoms with van der Waals surface area (Å²) in [5.41, 5.74) is 34.4. The maximum Gasteiger partial charge on any atom is 0.0619 e. The number of nitrogens with zero attached hydrogens (tertiary/aromatic N) is 4. The van der Waals surface area contributed by atoms with E-state index in [1.54, 1.807) is 5.56 Å². The maximum atomic E-state index is 2.61. The Morgan fingerprint density at radius 1 is 0.264 bits per heavy atom. The second kappa shape index (κ2) is 28.4. The molecule has 0 amide bonds. The fourth-order valence-corrected chi connectivity index (χ4v) is 26.7. The second-order valence-corrected chi connectivity index (χ2v) is 38.4. The number of anilines is 6. The zero-order valence-corrected chi connectivity index (χ0v) is 70.5. The largest absolute Gasteiger partial charge is 0.310 e. The van der Waals surface area contributed by atoms with Gasteiger partial charge in [-0.05, 0) is 325 Å². The quantitative estimate of drug-likeness (QED) is 0.0903. The van der Waals surface area contributed by atoms with Gasteiger partial charge in [0.1, 0.15) is 0 Å². The molecule has 2 heterocycles. The van der Waals surface area contributed by atoms with E-state index in [9.17, 15) is 0 Å². The van der Waals surface area contributed by atoms with Gasteiger partial charge in [0.25, 0.3) is 0 Å². The number of hydrogen-bond donors (Lipinski definition) is 0. The number of fused-ring (bicyclic) bond motifs is 10. The van der Waals surface area contributed by atoms with Gasteiger partial charge in [0.15, 0.2) is 0 Å². The Labute approximate surface area is 732 Å². The summed E-state index contributed by atoms with van der Waals surface area (Å²) >= 11 is 0. The average molecular weight is 1610 g/mol. The SMILES string of the molecule is C[C@@H]1CC2(c3ccc(-c4ccc(N(c5ccc(-c6cccc(-n7c8ccccc8c8ccccc87)c6)cc5)c5cccc(-c6ccccc6)c5)cc4)cc3)CC3C(C[C@H]3C2)C1c1ccc2c(ccc3c4ccccc4n(-c4cccc(-c5ccc(N(c6ccc(-c7ccc(C89C[C@@H]%10CC%11C[C@@H](C8)C%11%10C9)cc7)cc6)c6cccc(-c7ccccc7)c6)cc5)c4)c23)c1. The average Bonchev–Trinajstić information content (AvgIpc) is 1.47. The molecule has 4 nitrogen and oxygen atoms in total. The van der Waals surface area contributed by atoms with Crippen molar-refractivity contribution in [3.8, 4) is 78.1 Å². The van der Waals surface area contributed by atoms with Crippen LogP contribution in [0.3, 0.4) is 0 Å². The lowest BCUT2D eigenvalue weighted by Gasteiger charge is -2.66. The van der Waals surface area contributed by atoms with Crippen molar-refractivity contribution < 1.29 is 0 Å². The van der Waals surface area contributed by atoms with Crippen molar-refractivity contribution in [2.75, 3.05) is 9.80 Å². The molecule has 2 aromatic heterocycles. The zero-order valence-electron chi connectivity index (χ0n) is 70.5. The third kappa shape index (κ3) is 11.6. The lowest BCUT2D eigenvalue weighted by atomic mass is 9.38. The first kappa shape index (κ1) is 72.8. The molecular weight excluding hydrogens is 1510 g/mol. The van der Waals surface area contributed by atoms with Crippen LogP contribution in [-0.4, -0.2) is 9.13 Å². The Morgan fingerprint density at radius 2 is 0.664 bits per heavy atom. The molecule has 0 aliphatic heterocycles. The van der Waals surface area contributed by atoms with Crippen molar-refractivity contribution in [2.24, 2.45) is 46.8 Å². The molecule has 17 aromatic carbocycles. The van der Waals surface area contributed by atoms with Crippen LogP contribution >= 0.6 is 0 Å². The van der Waals surface area contributed by atoms with Gasteiger partial charge in [0.2, 0.25) is 0 Å². The molecule has 1 spiro atoms. The molecule has 0 saturated heterocycles. The first-order valence-corrected chi connectivity index (χ1v) is 45.9. The molecule has 4 heteroatoms. The minimum atomic E-state index is 0.172. The van der Waals surface area contributed by atoms with Gasteiger partial charge in [0.05, 0.1) is 22.1 Å². The molecule has 7 fully saturated rings. The lowest BCUT2D eigenvalue weighted by Crippen LogP contribution is -2.59. The minimum Gasteiger partial charge on any atom is -0.310 e. The van der Waals surface area contributed by atoms with E-state index in [1.807, 2.05) is 0 Å². The van der Waals surface area contributed by atoms with Crippen LogP contribution in [-0.2, 0) is 10.8 Å². The molecule has 8 atom stereocenters. The summed E-state index contributed by atoms with van der Waals surface area (Å²) in [6, 6.07) is 154.